The average Bonchev–Trinajstić information content (AvgIpc) is 2.97. The Morgan fingerprint density at radius 1 is 1.37 bits per heavy atom. The summed E-state index contributed by atoms with van der Waals surface area (Å²) in [5.74, 6) is 0.603. The lowest BCUT2D eigenvalue weighted by molar-refractivity contribution is 0.208. The maximum atomic E-state index is 13.2. The van der Waals surface area contributed by atoms with Gasteiger partial charge in [-0.05, 0) is 43.3 Å². The Labute approximate surface area is 111 Å². The van der Waals surface area contributed by atoms with Crippen molar-refractivity contribution in [2.75, 3.05) is 6.54 Å². The first-order valence-electron chi connectivity index (χ1n) is 6.55. The molecule has 1 aliphatic heterocycles. The Morgan fingerprint density at radius 3 is 3.11 bits per heavy atom. The van der Waals surface area contributed by atoms with Gasteiger partial charge in [0.2, 0.25) is 0 Å². The summed E-state index contributed by atoms with van der Waals surface area (Å²) in [6.45, 7) is 1.42. The van der Waals surface area contributed by atoms with Gasteiger partial charge < -0.3 is 15.0 Å². The molecule has 0 bridgehead atoms. The van der Waals surface area contributed by atoms with Crippen LogP contribution in [0.25, 0.3) is 0 Å². The number of benzene rings is 1. The van der Waals surface area contributed by atoms with Gasteiger partial charge in [-0.1, -0.05) is 0 Å². The van der Waals surface area contributed by atoms with Gasteiger partial charge in [-0.3, -0.25) is 0 Å². The zero-order chi connectivity index (χ0) is 13.2. The van der Waals surface area contributed by atoms with Crippen LogP contribution in [0.2, 0.25) is 0 Å². The van der Waals surface area contributed by atoms with Gasteiger partial charge in [-0.15, -0.1) is 0 Å². The number of nitrogens with zero attached hydrogens (tertiary/aromatic N) is 1. The number of nitrogens with two attached hydrogens (primary N) is 1. The number of halogens is 1. The average molecular weight is 260 g/mol. The van der Waals surface area contributed by atoms with Crippen LogP contribution >= 0.6 is 0 Å². The molecular formula is C15H17FN2O. The highest BCUT2D eigenvalue weighted by molar-refractivity contribution is 5.37. The molecule has 3 nitrogen and oxygen atoms in total. The van der Waals surface area contributed by atoms with Gasteiger partial charge in [0, 0.05) is 23.9 Å². The van der Waals surface area contributed by atoms with Crippen LogP contribution in [-0.4, -0.2) is 17.2 Å². The van der Waals surface area contributed by atoms with Gasteiger partial charge in [-0.2, -0.15) is 0 Å². The van der Waals surface area contributed by atoms with E-state index in [1.807, 2.05) is 12.3 Å². The van der Waals surface area contributed by atoms with Crippen LogP contribution in [0, 0.1) is 5.82 Å². The molecule has 19 heavy (non-hydrogen) atoms. The van der Waals surface area contributed by atoms with Crippen LogP contribution in [0.4, 0.5) is 4.39 Å². The molecule has 0 radical (unpaired) electrons. The molecule has 1 aromatic carbocycles. The minimum atomic E-state index is -0.201. The minimum absolute atomic E-state index is 0.0701. The van der Waals surface area contributed by atoms with Crippen LogP contribution in [0.15, 0.2) is 36.5 Å². The first-order valence-corrected chi connectivity index (χ1v) is 6.55. The number of aromatic nitrogens is 1. The van der Waals surface area contributed by atoms with Crippen LogP contribution < -0.4 is 10.5 Å². The highest BCUT2D eigenvalue weighted by Crippen LogP contribution is 2.30. The second-order valence-electron chi connectivity index (χ2n) is 4.89. The summed E-state index contributed by atoms with van der Waals surface area (Å²) in [4.78, 5) is 0. The lowest BCUT2D eigenvalue weighted by Gasteiger charge is -2.14. The van der Waals surface area contributed by atoms with Gasteiger partial charge in [-0.25, -0.2) is 4.39 Å². The first-order chi connectivity index (χ1) is 9.26. The molecule has 1 aromatic heterocycles. The van der Waals surface area contributed by atoms with Crippen LogP contribution in [0.1, 0.15) is 11.3 Å². The summed E-state index contributed by atoms with van der Waals surface area (Å²) in [6.07, 6.45) is 3.73. The minimum Gasteiger partial charge on any atom is -0.488 e. The second-order valence-corrected chi connectivity index (χ2v) is 4.89. The Balaban J connectivity index is 1.71. The predicted molar refractivity (Wildman–Crippen MR) is 71.7 cm³/mol. The molecule has 0 spiro atoms. The van der Waals surface area contributed by atoms with Crippen molar-refractivity contribution < 1.29 is 9.13 Å². The molecule has 2 heterocycles. The Bertz CT molecular complexity index is 579. The van der Waals surface area contributed by atoms with Crippen molar-refractivity contribution in [2.45, 2.75) is 25.5 Å². The van der Waals surface area contributed by atoms with Crippen molar-refractivity contribution in [3.05, 3.63) is 53.6 Å². The highest BCUT2D eigenvalue weighted by Gasteiger charge is 2.23. The van der Waals surface area contributed by atoms with E-state index in [2.05, 4.69) is 10.6 Å². The third-order valence-electron chi connectivity index (χ3n) is 3.49. The molecule has 4 heteroatoms. The lowest BCUT2D eigenvalue weighted by atomic mass is 10.1. The van der Waals surface area contributed by atoms with Gasteiger partial charge in [0.1, 0.15) is 17.7 Å². The fourth-order valence-electron chi connectivity index (χ4n) is 2.61. The maximum absolute atomic E-state index is 13.2. The molecule has 0 fully saturated rings. The van der Waals surface area contributed by atoms with Crippen LogP contribution in [0.3, 0.4) is 0 Å². The summed E-state index contributed by atoms with van der Waals surface area (Å²) in [6, 6.07) is 8.81. The monoisotopic (exact) mass is 260 g/mol. The Kier molecular flexibility index (Phi) is 3.25. The van der Waals surface area contributed by atoms with Crippen molar-refractivity contribution in [1.29, 1.82) is 0 Å². The number of rotatable bonds is 4. The zero-order valence-corrected chi connectivity index (χ0v) is 10.7. The fraction of sp³-hybridized carbons (Fsp3) is 0.333. The van der Waals surface area contributed by atoms with E-state index in [1.54, 1.807) is 12.1 Å². The van der Waals surface area contributed by atoms with Crippen LogP contribution in [0.5, 0.6) is 5.75 Å². The van der Waals surface area contributed by atoms with Crippen molar-refractivity contribution in [2.24, 2.45) is 5.73 Å². The largest absolute Gasteiger partial charge is 0.488 e. The molecule has 0 saturated heterocycles. The fourth-order valence-corrected chi connectivity index (χ4v) is 2.61. The number of fused-ring (bicyclic) bond motifs is 1. The molecule has 1 atom stereocenters. The summed E-state index contributed by atoms with van der Waals surface area (Å²) >= 11 is 0. The lowest BCUT2D eigenvalue weighted by Crippen LogP contribution is -2.22. The van der Waals surface area contributed by atoms with Crippen molar-refractivity contribution >= 4 is 0 Å². The third-order valence-corrected chi connectivity index (χ3v) is 3.49. The van der Waals surface area contributed by atoms with E-state index >= 15 is 0 Å². The number of hydrogen-bond donors (Lipinski definition) is 1. The molecule has 0 aliphatic carbocycles. The molecule has 3 rings (SSSR count). The van der Waals surface area contributed by atoms with E-state index in [1.165, 1.54) is 11.8 Å². The van der Waals surface area contributed by atoms with E-state index in [9.17, 15) is 4.39 Å². The van der Waals surface area contributed by atoms with Gasteiger partial charge in [0.15, 0.2) is 0 Å². The normalized spacial score (nSPS) is 17.3. The van der Waals surface area contributed by atoms with E-state index in [-0.39, 0.29) is 11.9 Å². The van der Waals surface area contributed by atoms with Gasteiger partial charge >= 0.3 is 0 Å². The third kappa shape index (κ3) is 2.49. The van der Waals surface area contributed by atoms with E-state index in [0.29, 0.717) is 6.54 Å². The highest BCUT2D eigenvalue weighted by atomic mass is 19.1. The summed E-state index contributed by atoms with van der Waals surface area (Å²) in [7, 11) is 0. The van der Waals surface area contributed by atoms with E-state index in [4.69, 9.17) is 10.5 Å². The number of hydrogen-bond acceptors (Lipinski definition) is 2. The molecule has 1 unspecified atom stereocenters. The smallest absolute Gasteiger partial charge is 0.123 e. The SMILES string of the molecule is NCCc1cccn1CC1Cc2cc(F)ccc2O1. The quantitative estimate of drug-likeness (QED) is 0.915. The summed E-state index contributed by atoms with van der Waals surface area (Å²) in [5, 5.41) is 0. The van der Waals surface area contributed by atoms with Gasteiger partial charge in [0.05, 0.1) is 6.54 Å². The summed E-state index contributed by atoms with van der Waals surface area (Å²) < 4.78 is 21.2. The van der Waals surface area contributed by atoms with Crippen molar-refractivity contribution in [3.8, 4) is 5.75 Å². The molecule has 2 N–H and O–H groups in total. The number of ether oxygens (including phenoxy) is 1. The summed E-state index contributed by atoms with van der Waals surface area (Å²) in [5.41, 5.74) is 7.77. The molecule has 1 aliphatic rings. The Morgan fingerprint density at radius 2 is 2.26 bits per heavy atom. The zero-order valence-electron chi connectivity index (χ0n) is 10.7. The van der Waals surface area contributed by atoms with Gasteiger partial charge in [0.25, 0.3) is 0 Å². The second kappa shape index (κ2) is 5.05. The molecule has 0 saturated carbocycles. The predicted octanol–water partition coefficient (Wildman–Crippen LogP) is 2.13. The molecule has 100 valence electrons. The maximum Gasteiger partial charge on any atom is 0.123 e. The topological polar surface area (TPSA) is 40.2 Å². The van der Waals surface area contributed by atoms with E-state index in [0.717, 1.165) is 30.7 Å². The Hall–Kier alpha value is -1.81. The standard InChI is InChI=1S/C15H17FN2O/c16-12-3-4-15-11(8-12)9-14(19-15)10-18-7-1-2-13(18)5-6-17/h1-4,7-8,14H,5-6,9-10,17H2. The molecule has 2 aromatic rings. The van der Waals surface area contributed by atoms with Crippen LogP contribution in [-0.2, 0) is 19.4 Å². The molecular weight excluding hydrogens is 243 g/mol. The van der Waals surface area contributed by atoms with E-state index < -0.39 is 0 Å². The molecule has 0 amide bonds. The van der Waals surface area contributed by atoms with Crippen molar-refractivity contribution in [3.63, 3.8) is 0 Å². The van der Waals surface area contributed by atoms with Crippen molar-refractivity contribution in [1.82, 2.24) is 4.57 Å². The first kappa shape index (κ1) is 12.2.